The van der Waals surface area contributed by atoms with Crippen molar-refractivity contribution in [3.63, 3.8) is 0 Å². The Balaban J connectivity index is 2.30. The summed E-state index contributed by atoms with van der Waals surface area (Å²) in [5.41, 5.74) is 1.49. The average molecular weight is 333 g/mol. The van der Waals surface area contributed by atoms with Gasteiger partial charge in [0.25, 0.3) is 0 Å². The van der Waals surface area contributed by atoms with E-state index in [1.807, 2.05) is 12.1 Å². The summed E-state index contributed by atoms with van der Waals surface area (Å²) >= 11 is 10.7. The van der Waals surface area contributed by atoms with Gasteiger partial charge in [0, 0.05) is 15.4 Å². The van der Waals surface area contributed by atoms with Gasteiger partial charge in [-0.3, -0.25) is 4.79 Å². The number of aromatic nitrogens is 1. The van der Waals surface area contributed by atoms with Crippen molar-refractivity contribution in [2.75, 3.05) is 0 Å². The highest BCUT2D eigenvalue weighted by molar-refractivity contribution is 9.10. The third-order valence-electron chi connectivity index (χ3n) is 2.05. The molecule has 17 heavy (non-hydrogen) atoms. The van der Waals surface area contributed by atoms with Crippen molar-refractivity contribution < 1.29 is 9.90 Å². The Morgan fingerprint density at radius 2 is 2.29 bits per heavy atom. The van der Waals surface area contributed by atoms with Crippen molar-refractivity contribution in [1.29, 1.82) is 0 Å². The minimum Gasteiger partial charge on any atom is -0.481 e. The molecule has 0 aliphatic heterocycles. The molecule has 0 aliphatic rings. The fraction of sp³-hybridized carbons (Fsp3) is 0.0909. The van der Waals surface area contributed by atoms with E-state index in [0.29, 0.717) is 10.7 Å². The molecule has 2 aromatic rings. The van der Waals surface area contributed by atoms with E-state index in [9.17, 15) is 4.79 Å². The van der Waals surface area contributed by atoms with E-state index in [0.717, 1.165) is 15.0 Å². The molecule has 0 bridgehead atoms. The SMILES string of the molecule is O=C(O)Cc1csc(-c2ccc(Cl)c(Br)c2)n1. The molecule has 1 aromatic carbocycles. The van der Waals surface area contributed by atoms with Crippen LogP contribution >= 0.6 is 38.9 Å². The van der Waals surface area contributed by atoms with Gasteiger partial charge in [0.2, 0.25) is 0 Å². The molecule has 0 saturated carbocycles. The van der Waals surface area contributed by atoms with Gasteiger partial charge >= 0.3 is 5.97 Å². The van der Waals surface area contributed by atoms with E-state index in [2.05, 4.69) is 20.9 Å². The summed E-state index contributed by atoms with van der Waals surface area (Å²) < 4.78 is 0.798. The van der Waals surface area contributed by atoms with Gasteiger partial charge in [-0.2, -0.15) is 0 Å². The van der Waals surface area contributed by atoms with Gasteiger partial charge in [0.05, 0.1) is 17.1 Å². The molecule has 1 heterocycles. The normalized spacial score (nSPS) is 10.5. The molecule has 1 N–H and O–H groups in total. The van der Waals surface area contributed by atoms with Crippen molar-refractivity contribution in [2.24, 2.45) is 0 Å². The lowest BCUT2D eigenvalue weighted by atomic mass is 10.2. The summed E-state index contributed by atoms with van der Waals surface area (Å²) in [7, 11) is 0. The number of aliphatic carboxylic acids is 1. The molecule has 88 valence electrons. The van der Waals surface area contributed by atoms with E-state index in [4.69, 9.17) is 16.7 Å². The zero-order valence-corrected chi connectivity index (χ0v) is 11.6. The molecule has 0 saturated heterocycles. The van der Waals surface area contributed by atoms with Crippen LogP contribution in [0.15, 0.2) is 28.1 Å². The number of carbonyl (C=O) groups is 1. The average Bonchev–Trinajstić information content (AvgIpc) is 2.69. The second-order valence-corrected chi connectivity index (χ2v) is 5.46. The van der Waals surface area contributed by atoms with Crippen LogP contribution in [0.3, 0.4) is 0 Å². The maximum atomic E-state index is 10.6. The predicted molar refractivity (Wildman–Crippen MR) is 71.6 cm³/mol. The largest absolute Gasteiger partial charge is 0.481 e. The number of nitrogens with zero attached hydrogens (tertiary/aromatic N) is 1. The standard InChI is InChI=1S/C11H7BrClNO2S/c12-8-3-6(1-2-9(8)13)11-14-7(5-17-11)4-10(15)16/h1-3,5H,4H2,(H,15,16). The summed E-state index contributed by atoms with van der Waals surface area (Å²) in [6.07, 6.45) is -0.0503. The zero-order chi connectivity index (χ0) is 12.4. The highest BCUT2D eigenvalue weighted by Crippen LogP contribution is 2.30. The molecular formula is C11H7BrClNO2S. The summed E-state index contributed by atoms with van der Waals surface area (Å²) in [5.74, 6) is -0.876. The summed E-state index contributed by atoms with van der Waals surface area (Å²) in [6, 6.07) is 5.50. The number of carboxylic acid groups (broad SMARTS) is 1. The molecule has 6 heteroatoms. The Bertz CT molecular complexity index is 570. The van der Waals surface area contributed by atoms with Crippen molar-refractivity contribution in [2.45, 2.75) is 6.42 Å². The fourth-order valence-corrected chi connectivity index (χ4v) is 2.62. The summed E-state index contributed by atoms with van der Waals surface area (Å²) in [6.45, 7) is 0. The van der Waals surface area contributed by atoms with Crippen LogP contribution in [0.4, 0.5) is 0 Å². The third-order valence-corrected chi connectivity index (χ3v) is 4.20. The lowest BCUT2D eigenvalue weighted by Gasteiger charge is -1.99. The van der Waals surface area contributed by atoms with Gasteiger partial charge in [0.15, 0.2) is 0 Å². The Labute approximate surface area is 115 Å². The van der Waals surface area contributed by atoms with Gasteiger partial charge in [-0.1, -0.05) is 17.7 Å². The fourth-order valence-electron chi connectivity index (χ4n) is 1.30. The quantitative estimate of drug-likeness (QED) is 0.928. The molecule has 1 aromatic heterocycles. The van der Waals surface area contributed by atoms with Gasteiger partial charge < -0.3 is 5.11 Å². The number of benzene rings is 1. The predicted octanol–water partition coefficient (Wildman–Crippen LogP) is 3.85. The lowest BCUT2D eigenvalue weighted by Crippen LogP contribution is -1.99. The molecule has 0 radical (unpaired) electrons. The summed E-state index contributed by atoms with van der Waals surface area (Å²) in [4.78, 5) is 14.8. The Kier molecular flexibility index (Phi) is 3.81. The van der Waals surface area contributed by atoms with Crippen molar-refractivity contribution in [3.05, 3.63) is 38.8 Å². The van der Waals surface area contributed by atoms with E-state index < -0.39 is 5.97 Å². The van der Waals surface area contributed by atoms with Crippen LogP contribution in [-0.4, -0.2) is 16.1 Å². The van der Waals surface area contributed by atoms with E-state index in [1.54, 1.807) is 11.4 Å². The van der Waals surface area contributed by atoms with Gasteiger partial charge in [-0.05, 0) is 28.1 Å². The molecule has 0 spiro atoms. The van der Waals surface area contributed by atoms with Gasteiger partial charge in [-0.25, -0.2) is 4.98 Å². The highest BCUT2D eigenvalue weighted by Gasteiger charge is 2.09. The maximum absolute atomic E-state index is 10.6. The lowest BCUT2D eigenvalue weighted by molar-refractivity contribution is -0.136. The van der Waals surface area contributed by atoms with Gasteiger partial charge in [-0.15, -0.1) is 11.3 Å². The van der Waals surface area contributed by atoms with Crippen LogP contribution < -0.4 is 0 Å². The minimum atomic E-state index is -0.876. The Morgan fingerprint density at radius 3 is 2.94 bits per heavy atom. The molecule has 0 fully saturated rings. The first-order valence-electron chi connectivity index (χ1n) is 4.68. The van der Waals surface area contributed by atoms with Crippen molar-refractivity contribution in [3.8, 4) is 10.6 Å². The monoisotopic (exact) mass is 331 g/mol. The summed E-state index contributed by atoms with van der Waals surface area (Å²) in [5, 5.41) is 11.8. The topological polar surface area (TPSA) is 50.2 Å². The maximum Gasteiger partial charge on any atom is 0.309 e. The number of halogens is 2. The first-order chi connectivity index (χ1) is 8.06. The minimum absolute atomic E-state index is 0.0503. The molecular weight excluding hydrogens is 326 g/mol. The second kappa shape index (κ2) is 5.16. The van der Waals surface area contributed by atoms with Crippen LogP contribution in [0.25, 0.3) is 10.6 Å². The first-order valence-corrected chi connectivity index (χ1v) is 6.73. The van der Waals surface area contributed by atoms with E-state index >= 15 is 0 Å². The van der Waals surface area contributed by atoms with E-state index in [1.165, 1.54) is 11.3 Å². The van der Waals surface area contributed by atoms with E-state index in [-0.39, 0.29) is 6.42 Å². The molecule has 0 amide bonds. The van der Waals surface area contributed by atoms with Gasteiger partial charge in [0.1, 0.15) is 5.01 Å². The molecule has 2 rings (SSSR count). The van der Waals surface area contributed by atoms with Crippen molar-refractivity contribution >= 4 is 44.8 Å². The van der Waals surface area contributed by atoms with Crippen LogP contribution in [0.1, 0.15) is 5.69 Å². The first kappa shape index (κ1) is 12.5. The Hall–Kier alpha value is -0.910. The molecule has 0 unspecified atom stereocenters. The second-order valence-electron chi connectivity index (χ2n) is 3.34. The van der Waals surface area contributed by atoms with Crippen LogP contribution in [0.2, 0.25) is 5.02 Å². The highest BCUT2D eigenvalue weighted by atomic mass is 79.9. The van der Waals surface area contributed by atoms with Crippen molar-refractivity contribution in [1.82, 2.24) is 4.98 Å². The molecule has 3 nitrogen and oxygen atoms in total. The van der Waals surface area contributed by atoms with Crippen LogP contribution in [0.5, 0.6) is 0 Å². The number of hydrogen-bond donors (Lipinski definition) is 1. The molecule has 0 atom stereocenters. The molecule has 0 aliphatic carbocycles. The smallest absolute Gasteiger partial charge is 0.309 e. The Morgan fingerprint density at radius 1 is 1.53 bits per heavy atom. The van der Waals surface area contributed by atoms with Crippen LogP contribution in [-0.2, 0) is 11.2 Å². The third kappa shape index (κ3) is 3.06. The van der Waals surface area contributed by atoms with Crippen LogP contribution in [0, 0.1) is 0 Å². The number of rotatable bonds is 3. The number of thiazole rings is 1. The number of hydrogen-bond acceptors (Lipinski definition) is 3. The zero-order valence-electron chi connectivity index (χ0n) is 8.48. The number of carboxylic acids is 1.